The van der Waals surface area contributed by atoms with Gasteiger partial charge in [0.25, 0.3) is 0 Å². The van der Waals surface area contributed by atoms with Crippen LogP contribution in [0, 0.1) is 5.92 Å². The molecule has 0 aromatic heterocycles. The maximum absolute atomic E-state index is 12.3. The number of piperidine rings is 1. The minimum absolute atomic E-state index is 0.250. The van der Waals surface area contributed by atoms with Crippen molar-refractivity contribution in [2.24, 2.45) is 10.9 Å². The second kappa shape index (κ2) is 11.3. The number of guanidine groups is 1. The van der Waals surface area contributed by atoms with E-state index in [1.54, 1.807) is 7.05 Å². The van der Waals surface area contributed by atoms with Gasteiger partial charge in [-0.15, -0.1) is 0 Å². The van der Waals surface area contributed by atoms with Crippen molar-refractivity contribution in [3.8, 4) is 0 Å². The Morgan fingerprint density at radius 2 is 1.84 bits per heavy atom. The van der Waals surface area contributed by atoms with Crippen LogP contribution in [-0.2, 0) is 4.79 Å². The van der Waals surface area contributed by atoms with E-state index in [0.717, 1.165) is 38.6 Å². The van der Waals surface area contributed by atoms with Crippen molar-refractivity contribution >= 4 is 11.9 Å². The van der Waals surface area contributed by atoms with Gasteiger partial charge in [0.05, 0.1) is 0 Å². The Balaban J connectivity index is 2.26. The zero-order valence-corrected chi connectivity index (χ0v) is 17.1. The summed E-state index contributed by atoms with van der Waals surface area (Å²) >= 11 is 0. The Kier molecular flexibility index (Phi) is 9.86. The van der Waals surface area contributed by atoms with Crippen molar-refractivity contribution < 1.29 is 4.79 Å². The lowest BCUT2D eigenvalue weighted by Crippen LogP contribution is -2.46. The van der Waals surface area contributed by atoms with Gasteiger partial charge < -0.3 is 15.5 Å². The maximum atomic E-state index is 12.3. The smallest absolute Gasteiger partial charge is 0.224 e. The van der Waals surface area contributed by atoms with Crippen molar-refractivity contribution in [1.82, 2.24) is 20.4 Å². The number of aliphatic imine (C=N–C) groups is 1. The van der Waals surface area contributed by atoms with Gasteiger partial charge in [-0.05, 0) is 46.5 Å². The molecule has 1 heterocycles. The molecular weight excluding hydrogens is 314 g/mol. The molecule has 146 valence electrons. The Morgan fingerprint density at radius 1 is 1.20 bits per heavy atom. The quantitative estimate of drug-likeness (QED) is 0.517. The molecule has 1 unspecified atom stereocenters. The summed E-state index contributed by atoms with van der Waals surface area (Å²) in [5.74, 6) is 1.65. The summed E-state index contributed by atoms with van der Waals surface area (Å²) in [5.41, 5.74) is 0. The van der Waals surface area contributed by atoms with Crippen molar-refractivity contribution in [3.63, 3.8) is 0 Å². The molecule has 0 saturated carbocycles. The van der Waals surface area contributed by atoms with E-state index in [9.17, 15) is 4.79 Å². The largest absolute Gasteiger partial charge is 0.356 e. The molecule has 0 radical (unpaired) electrons. The van der Waals surface area contributed by atoms with Crippen LogP contribution in [0.5, 0.6) is 0 Å². The topological polar surface area (TPSA) is 60.0 Å². The lowest BCUT2D eigenvalue weighted by atomic mass is 10.00. The van der Waals surface area contributed by atoms with E-state index in [2.05, 4.69) is 55.1 Å². The summed E-state index contributed by atoms with van der Waals surface area (Å²) in [5, 5.41) is 6.60. The summed E-state index contributed by atoms with van der Waals surface area (Å²) in [4.78, 5) is 21.0. The molecule has 25 heavy (non-hydrogen) atoms. The molecule has 1 amide bonds. The van der Waals surface area contributed by atoms with Crippen molar-refractivity contribution in [3.05, 3.63) is 0 Å². The summed E-state index contributed by atoms with van der Waals surface area (Å²) < 4.78 is 0. The van der Waals surface area contributed by atoms with Crippen LogP contribution in [0.15, 0.2) is 4.99 Å². The molecular formula is C19H39N5O. The minimum Gasteiger partial charge on any atom is -0.356 e. The first kappa shape index (κ1) is 21.7. The van der Waals surface area contributed by atoms with Gasteiger partial charge >= 0.3 is 0 Å². The van der Waals surface area contributed by atoms with Crippen molar-refractivity contribution in [1.29, 1.82) is 0 Å². The Labute approximate surface area is 154 Å². The zero-order valence-electron chi connectivity index (χ0n) is 17.1. The standard InChI is InChI=1S/C19H39N5O/c1-15(2)24(16(3)4)13-11-22-19(20-6)21-10-9-18(25)23-12-7-8-17(5)14-23/h15-17H,7-14H2,1-6H3,(H2,20,21,22). The molecule has 1 saturated heterocycles. The van der Waals surface area contributed by atoms with Crippen LogP contribution in [0.25, 0.3) is 0 Å². The zero-order chi connectivity index (χ0) is 18.8. The molecule has 1 fully saturated rings. The third-order valence-corrected chi connectivity index (χ3v) is 4.85. The second-order valence-corrected chi connectivity index (χ2v) is 7.69. The van der Waals surface area contributed by atoms with Gasteiger partial charge in [-0.25, -0.2) is 0 Å². The number of nitrogens with zero attached hydrogens (tertiary/aromatic N) is 3. The fraction of sp³-hybridized carbons (Fsp3) is 0.895. The van der Waals surface area contributed by atoms with E-state index >= 15 is 0 Å². The highest BCUT2D eigenvalue weighted by molar-refractivity contribution is 5.81. The summed E-state index contributed by atoms with van der Waals surface area (Å²) in [6.45, 7) is 15.4. The SMILES string of the molecule is CN=C(NCCC(=O)N1CCCC(C)C1)NCCN(C(C)C)C(C)C. The first-order chi connectivity index (χ1) is 11.8. The second-order valence-electron chi connectivity index (χ2n) is 7.69. The van der Waals surface area contributed by atoms with Gasteiger partial charge in [0.15, 0.2) is 5.96 Å². The van der Waals surface area contributed by atoms with Crippen LogP contribution in [0.2, 0.25) is 0 Å². The Bertz CT molecular complexity index is 414. The molecule has 6 heteroatoms. The van der Waals surface area contributed by atoms with E-state index in [1.807, 2.05) is 4.90 Å². The molecule has 0 spiro atoms. The number of rotatable bonds is 8. The number of amides is 1. The van der Waals surface area contributed by atoms with E-state index in [1.165, 1.54) is 6.42 Å². The minimum atomic E-state index is 0.250. The Hall–Kier alpha value is -1.30. The molecule has 1 rings (SSSR count). The fourth-order valence-corrected chi connectivity index (χ4v) is 3.50. The van der Waals surface area contributed by atoms with Gasteiger partial charge in [0.1, 0.15) is 0 Å². The van der Waals surface area contributed by atoms with Crippen LogP contribution in [0.1, 0.15) is 53.9 Å². The number of carbonyl (C=O) groups excluding carboxylic acids is 1. The normalized spacial score (nSPS) is 19.0. The third kappa shape index (κ3) is 8.08. The number of likely N-dealkylation sites (tertiary alicyclic amines) is 1. The number of carbonyl (C=O) groups is 1. The molecule has 2 N–H and O–H groups in total. The molecule has 6 nitrogen and oxygen atoms in total. The van der Waals surface area contributed by atoms with Gasteiger partial charge in [-0.3, -0.25) is 14.7 Å². The van der Waals surface area contributed by atoms with E-state index in [0.29, 0.717) is 31.0 Å². The van der Waals surface area contributed by atoms with Crippen molar-refractivity contribution in [2.45, 2.75) is 66.0 Å². The molecule has 1 aliphatic heterocycles. The van der Waals surface area contributed by atoms with Crippen molar-refractivity contribution in [2.75, 3.05) is 39.8 Å². The number of hydrogen-bond acceptors (Lipinski definition) is 3. The average molecular weight is 354 g/mol. The molecule has 0 aliphatic carbocycles. The van der Waals surface area contributed by atoms with Crippen LogP contribution in [0.4, 0.5) is 0 Å². The van der Waals surface area contributed by atoms with Crippen LogP contribution in [-0.4, -0.2) is 73.5 Å². The average Bonchev–Trinajstić information content (AvgIpc) is 2.56. The molecule has 1 atom stereocenters. The fourth-order valence-electron chi connectivity index (χ4n) is 3.50. The molecule has 0 aromatic carbocycles. The molecule has 0 bridgehead atoms. The Morgan fingerprint density at radius 3 is 2.40 bits per heavy atom. The number of nitrogens with one attached hydrogen (secondary N) is 2. The van der Waals surface area contributed by atoms with Crippen LogP contribution >= 0.6 is 0 Å². The highest BCUT2D eigenvalue weighted by Gasteiger charge is 2.20. The predicted octanol–water partition coefficient (Wildman–Crippen LogP) is 1.92. The summed E-state index contributed by atoms with van der Waals surface area (Å²) in [6.07, 6.45) is 2.89. The molecule has 0 aromatic rings. The highest BCUT2D eigenvalue weighted by Crippen LogP contribution is 2.15. The lowest BCUT2D eigenvalue weighted by Gasteiger charge is -2.31. The van der Waals surface area contributed by atoms with E-state index in [-0.39, 0.29) is 5.91 Å². The van der Waals surface area contributed by atoms with E-state index < -0.39 is 0 Å². The third-order valence-electron chi connectivity index (χ3n) is 4.85. The lowest BCUT2D eigenvalue weighted by molar-refractivity contribution is -0.132. The molecule has 1 aliphatic rings. The summed E-state index contributed by atoms with van der Waals surface area (Å²) in [6, 6.07) is 1.06. The van der Waals surface area contributed by atoms with Crippen LogP contribution < -0.4 is 10.6 Å². The summed E-state index contributed by atoms with van der Waals surface area (Å²) in [7, 11) is 1.77. The van der Waals surface area contributed by atoms with Crippen LogP contribution in [0.3, 0.4) is 0 Å². The van der Waals surface area contributed by atoms with Gasteiger partial charge in [0, 0.05) is 58.3 Å². The highest BCUT2D eigenvalue weighted by atomic mass is 16.2. The van der Waals surface area contributed by atoms with Gasteiger partial charge in [0.2, 0.25) is 5.91 Å². The monoisotopic (exact) mass is 353 g/mol. The maximum Gasteiger partial charge on any atom is 0.224 e. The van der Waals surface area contributed by atoms with Gasteiger partial charge in [-0.2, -0.15) is 0 Å². The van der Waals surface area contributed by atoms with Gasteiger partial charge in [-0.1, -0.05) is 6.92 Å². The van der Waals surface area contributed by atoms with E-state index in [4.69, 9.17) is 0 Å². The number of hydrogen-bond donors (Lipinski definition) is 2. The first-order valence-corrected chi connectivity index (χ1v) is 9.83. The first-order valence-electron chi connectivity index (χ1n) is 9.83. The predicted molar refractivity (Wildman–Crippen MR) is 106 cm³/mol.